The molecule has 4 aromatic rings. The molecule has 0 fully saturated rings. The molecule has 0 radical (unpaired) electrons. The molecule has 236 valence electrons. The first-order valence-electron chi connectivity index (χ1n) is 15.4. The molecule has 0 saturated heterocycles. The fraction of sp³-hybridized carbons (Fsp3) is 0.297. The van der Waals surface area contributed by atoms with Crippen molar-refractivity contribution in [2.75, 3.05) is 10.8 Å². The highest BCUT2D eigenvalue weighted by Crippen LogP contribution is 2.29. The fourth-order valence-electron chi connectivity index (χ4n) is 5.35. The molecule has 0 heterocycles. The van der Waals surface area contributed by atoms with Crippen molar-refractivity contribution in [3.63, 3.8) is 0 Å². The van der Waals surface area contributed by atoms with E-state index in [0.29, 0.717) is 12.1 Å². The van der Waals surface area contributed by atoms with E-state index in [4.69, 9.17) is 0 Å². The highest BCUT2D eigenvalue weighted by molar-refractivity contribution is 7.92. The Morgan fingerprint density at radius 1 is 0.778 bits per heavy atom. The van der Waals surface area contributed by atoms with Crippen molar-refractivity contribution in [2.24, 2.45) is 0 Å². The molecule has 2 amide bonds. The Kier molecular flexibility index (Phi) is 11.2. The first-order chi connectivity index (χ1) is 21.5. The van der Waals surface area contributed by atoms with E-state index in [-0.39, 0.29) is 29.8 Å². The maximum Gasteiger partial charge on any atom is 0.264 e. The van der Waals surface area contributed by atoms with Crippen LogP contribution >= 0.6 is 0 Å². The minimum Gasteiger partial charge on any atom is -0.352 e. The number of aryl methyl sites for hydroxylation is 3. The van der Waals surface area contributed by atoms with Gasteiger partial charge in [0.15, 0.2) is 0 Å². The van der Waals surface area contributed by atoms with Crippen molar-refractivity contribution >= 4 is 27.5 Å². The number of carbonyl (C=O) groups is 2. The molecule has 0 bridgehead atoms. The average molecular weight is 626 g/mol. The van der Waals surface area contributed by atoms with Crippen LogP contribution in [-0.4, -0.2) is 43.8 Å². The number of rotatable bonds is 13. The van der Waals surface area contributed by atoms with Gasteiger partial charge >= 0.3 is 0 Å². The molecule has 0 aliphatic carbocycles. The van der Waals surface area contributed by atoms with Crippen LogP contribution in [0.1, 0.15) is 48.6 Å². The van der Waals surface area contributed by atoms with Crippen molar-refractivity contribution in [3.8, 4) is 0 Å². The number of para-hydroxylation sites is 1. The van der Waals surface area contributed by atoms with Gasteiger partial charge in [0.05, 0.1) is 10.6 Å². The second-order valence-electron chi connectivity index (χ2n) is 11.7. The Balaban J connectivity index is 1.83. The Morgan fingerprint density at radius 3 is 2.07 bits per heavy atom. The standard InChI is InChI=1S/C37H43N3O4S/c1-6-32-17-10-11-18-34(32)40(45(43,44)33-21-19-28(4)20-22-33)26-36(41)39(25-31-16-12-13-29(5)23-31)35(37(42)38-27(2)3)24-30-14-8-7-9-15-30/h7-23,27,35H,6,24-26H2,1-5H3,(H,38,42)/t35-/m0/s1. The predicted molar refractivity (Wildman–Crippen MR) is 180 cm³/mol. The van der Waals surface area contributed by atoms with Crippen LogP contribution in [0.4, 0.5) is 5.69 Å². The Labute approximate surface area is 268 Å². The van der Waals surface area contributed by atoms with Crippen LogP contribution < -0.4 is 9.62 Å². The van der Waals surface area contributed by atoms with Crippen molar-refractivity contribution in [2.45, 2.75) is 71.0 Å². The van der Waals surface area contributed by atoms with E-state index in [9.17, 15) is 18.0 Å². The number of sulfonamides is 1. The molecule has 1 N–H and O–H groups in total. The SMILES string of the molecule is CCc1ccccc1N(CC(=O)N(Cc1cccc(C)c1)[C@@H](Cc1ccccc1)C(=O)NC(C)C)S(=O)(=O)c1ccc(C)cc1. The van der Waals surface area contributed by atoms with E-state index in [1.165, 1.54) is 9.21 Å². The summed E-state index contributed by atoms with van der Waals surface area (Å²) < 4.78 is 29.8. The third-order valence-electron chi connectivity index (χ3n) is 7.67. The molecule has 4 rings (SSSR count). The molecule has 45 heavy (non-hydrogen) atoms. The van der Waals surface area contributed by atoms with E-state index in [2.05, 4.69) is 5.32 Å². The summed E-state index contributed by atoms with van der Waals surface area (Å²) in [7, 11) is -4.15. The van der Waals surface area contributed by atoms with Crippen molar-refractivity contribution in [1.82, 2.24) is 10.2 Å². The first-order valence-corrected chi connectivity index (χ1v) is 16.8. The van der Waals surface area contributed by atoms with Crippen LogP contribution in [0, 0.1) is 13.8 Å². The van der Waals surface area contributed by atoms with E-state index in [1.807, 2.05) is 101 Å². The lowest BCUT2D eigenvalue weighted by molar-refractivity contribution is -0.140. The summed E-state index contributed by atoms with van der Waals surface area (Å²) in [4.78, 5) is 30.1. The van der Waals surface area contributed by atoms with Gasteiger partial charge in [0.2, 0.25) is 11.8 Å². The molecule has 1 atom stereocenters. The van der Waals surface area contributed by atoms with Gasteiger partial charge < -0.3 is 10.2 Å². The second kappa shape index (κ2) is 15.0. The van der Waals surface area contributed by atoms with E-state index in [0.717, 1.165) is 27.8 Å². The van der Waals surface area contributed by atoms with Crippen LogP contribution in [0.5, 0.6) is 0 Å². The van der Waals surface area contributed by atoms with Gasteiger partial charge in [0.1, 0.15) is 12.6 Å². The molecule has 7 nitrogen and oxygen atoms in total. The van der Waals surface area contributed by atoms with Crippen LogP contribution in [0.15, 0.2) is 108 Å². The van der Waals surface area contributed by atoms with E-state index in [1.54, 1.807) is 36.4 Å². The summed E-state index contributed by atoms with van der Waals surface area (Å²) in [5.41, 5.74) is 4.92. The third kappa shape index (κ3) is 8.60. The van der Waals surface area contributed by atoms with Crippen LogP contribution in [0.2, 0.25) is 0 Å². The Morgan fingerprint density at radius 2 is 1.42 bits per heavy atom. The van der Waals surface area contributed by atoms with Crippen molar-refractivity contribution in [1.29, 1.82) is 0 Å². The first kappa shape index (κ1) is 33.5. The van der Waals surface area contributed by atoms with Gasteiger partial charge in [0, 0.05) is 19.0 Å². The van der Waals surface area contributed by atoms with Crippen LogP contribution in [0.25, 0.3) is 0 Å². The number of carbonyl (C=O) groups excluding carboxylic acids is 2. The van der Waals surface area contributed by atoms with Crippen LogP contribution in [-0.2, 0) is 39.0 Å². The van der Waals surface area contributed by atoms with Gasteiger partial charge in [-0.3, -0.25) is 13.9 Å². The Bertz CT molecular complexity index is 1700. The molecule has 0 spiro atoms. The molecular formula is C37H43N3O4S. The Hall–Kier alpha value is -4.43. The second-order valence-corrected chi connectivity index (χ2v) is 13.5. The molecule has 0 aromatic heterocycles. The van der Waals surface area contributed by atoms with Crippen LogP contribution in [0.3, 0.4) is 0 Å². The highest BCUT2D eigenvalue weighted by Gasteiger charge is 2.35. The minimum atomic E-state index is -4.15. The molecule has 0 saturated carbocycles. The summed E-state index contributed by atoms with van der Waals surface area (Å²) in [6.07, 6.45) is 0.845. The predicted octanol–water partition coefficient (Wildman–Crippen LogP) is 6.23. The summed E-state index contributed by atoms with van der Waals surface area (Å²) in [6.45, 7) is 9.23. The number of hydrogen-bond acceptors (Lipinski definition) is 4. The number of amides is 2. The number of benzene rings is 4. The number of nitrogens with one attached hydrogen (secondary N) is 1. The number of nitrogens with zero attached hydrogens (tertiary/aromatic N) is 2. The van der Waals surface area contributed by atoms with Crippen molar-refractivity contribution in [3.05, 3.63) is 131 Å². The van der Waals surface area contributed by atoms with E-state index < -0.39 is 28.5 Å². The molecule has 0 aliphatic heterocycles. The topological polar surface area (TPSA) is 86.8 Å². The molecule has 8 heteroatoms. The zero-order valence-corrected chi connectivity index (χ0v) is 27.6. The third-order valence-corrected chi connectivity index (χ3v) is 9.44. The number of hydrogen-bond donors (Lipinski definition) is 1. The summed E-state index contributed by atoms with van der Waals surface area (Å²) in [5, 5.41) is 3.00. The van der Waals surface area contributed by atoms with Gasteiger partial charge in [-0.1, -0.05) is 103 Å². The molecular weight excluding hydrogens is 582 g/mol. The van der Waals surface area contributed by atoms with Gasteiger partial charge in [-0.15, -0.1) is 0 Å². The lowest BCUT2D eigenvalue weighted by Gasteiger charge is -2.34. The molecule has 0 aliphatic rings. The fourth-order valence-corrected chi connectivity index (χ4v) is 6.80. The van der Waals surface area contributed by atoms with Gasteiger partial charge in [0.25, 0.3) is 10.0 Å². The summed E-state index contributed by atoms with van der Waals surface area (Å²) in [6, 6.07) is 30.2. The monoisotopic (exact) mass is 625 g/mol. The van der Waals surface area contributed by atoms with Crippen molar-refractivity contribution < 1.29 is 18.0 Å². The minimum absolute atomic E-state index is 0.0930. The highest BCUT2D eigenvalue weighted by atomic mass is 32.2. The maximum atomic E-state index is 14.6. The normalized spacial score (nSPS) is 12.0. The zero-order valence-electron chi connectivity index (χ0n) is 26.7. The largest absolute Gasteiger partial charge is 0.352 e. The van der Waals surface area contributed by atoms with Gasteiger partial charge in [-0.05, 0) is 69.0 Å². The van der Waals surface area contributed by atoms with Gasteiger partial charge in [-0.25, -0.2) is 8.42 Å². The number of anilines is 1. The quantitative estimate of drug-likeness (QED) is 0.191. The zero-order chi connectivity index (χ0) is 32.6. The lowest BCUT2D eigenvalue weighted by Crippen LogP contribution is -2.54. The van der Waals surface area contributed by atoms with Gasteiger partial charge in [-0.2, -0.15) is 0 Å². The summed E-state index contributed by atoms with van der Waals surface area (Å²) in [5.74, 6) is -0.769. The molecule has 4 aromatic carbocycles. The average Bonchev–Trinajstić information content (AvgIpc) is 3.01. The smallest absolute Gasteiger partial charge is 0.264 e. The molecule has 0 unspecified atom stereocenters. The maximum absolute atomic E-state index is 14.6. The lowest BCUT2D eigenvalue weighted by atomic mass is 10.0. The van der Waals surface area contributed by atoms with E-state index >= 15 is 0 Å². The summed E-state index contributed by atoms with van der Waals surface area (Å²) >= 11 is 0.